The zero-order valence-corrected chi connectivity index (χ0v) is 10.1. The van der Waals surface area contributed by atoms with Crippen LogP contribution in [0.4, 0.5) is 0 Å². The third kappa shape index (κ3) is 3.45. The molecule has 19 heavy (non-hydrogen) atoms. The first-order chi connectivity index (χ1) is 9.16. The fourth-order valence-electron chi connectivity index (χ4n) is 1.59. The van der Waals surface area contributed by atoms with Crippen molar-refractivity contribution in [2.45, 2.75) is 6.42 Å². The highest BCUT2D eigenvalue weighted by Gasteiger charge is 2.11. The maximum atomic E-state index is 11.7. The minimum Gasteiger partial charge on any atom is -0.481 e. The van der Waals surface area contributed by atoms with Crippen LogP contribution in [0.15, 0.2) is 46.9 Å². The van der Waals surface area contributed by atoms with Gasteiger partial charge < -0.3 is 14.8 Å². The number of nitrogens with one attached hydrogen (secondary N) is 1. The van der Waals surface area contributed by atoms with Crippen LogP contribution in [0.25, 0.3) is 11.3 Å². The quantitative estimate of drug-likeness (QED) is 0.862. The van der Waals surface area contributed by atoms with Gasteiger partial charge in [-0.25, -0.2) is 0 Å². The number of carboxylic acids is 1. The molecular weight excluding hydrogens is 246 g/mol. The fraction of sp³-hybridized carbons (Fsp3) is 0.143. The van der Waals surface area contributed by atoms with Crippen LogP contribution in [-0.2, 0) is 4.79 Å². The molecule has 0 atom stereocenters. The number of benzene rings is 1. The molecule has 0 unspecified atom stereocenters. The van der Waals surface area contributed by atoms with Crippen LogP contribution in [0.1, 0.15) is 17.0 Å². The van der Waals surface area contributed by atoms with E-state index in [1.165, 1.54) is 0 Å². The lowest BCUT2D eigenvalue weighted by Crippen LogP contribution is -2.25. The molecule has 0 fully saturated rings. The standard InChI is InChI=1S/C14H13NO4/c16-13(17)8-9-15-14(18)12-7-6-11(19-12)10-4-2-1-3-5-10/h1-7H,8-9H2,(H,15,18)(H,16,17). The van der Waals surface area contributed by atoms with Crippen LogP contribution in [0.3, 0.4) is 0 Å². The van der Waals surface area contributed by atoms with Gasteiger partial charge in [0.25, 0.3) is 5.91 Å². The van der Waals surface area contributed by atoms with Crippen LogP contribution in [-0.4, -0.2) is 23.5 Å². The van der Waals surface area contributed by atoms with E-state index >= 15 is 0 Å². The molecule has 2 aromatic rings. The highest BCUT2D eigenvalue weighted by Crippen LogP contribution is 2.21. The Morgan fingerprint density at radius 1 is 1.11 bits per heavy atom. The van der Waals surface area contributed by atoms with Crippen LogP contribution in [0, 0.1) is 0 Å². The molecule has 0 saturated heterocycles. The van der Waals surface area contributed by atoms with Gasteiger partial charge in [-0.1, -0.05) is 30.3 Å². The summed E-state index contributed by atoms with van der Waals surface area (Å²) in [5, 5.41) is 11.0. The highest BCUT2D eigenvalue weighted by atomic mass is 16.4. The molecule has 0 radical (unpaired) electrons. The Balaban J connectivity index is 2.01. The summed E-state index contributed by atoms with van der Waals surface area (Å²) in [6.45, 7) is 0.0789. The van der Waals surface area contributed by atoms with E-state index in [1.807, 2.05) is 30.3 Å². The molecule has 98 valence electrons. The lowest BCUT2D eigenvalue weighted by atomic mass is 10.2. The molecule has 2 N–H and O–H groups in total. The van der Waals surface area contributed by atoms with Gasteiger partial charge in [-0.15, -0.1) is 0 Å². The topological polar surface area (TPSA) is 79.5 Å². The van der Waals surface area contributed by atoms with Crippen molar-refractivity contribution in [2.24, 2.45) is 0 Å². The van der Waals surface area contributed by atoms with E-state index in [1.54, 1.807) is 12.1 Å². The van der Waals surface area contributed by atoms with Gasteiger partial charge in [0.1, 0.15) is 5.76 Å². The number of rotatable bonds is 5. The average Bonchev–Trinajstić information content (AvgIpc) is 2.89. The lowest BCUT2D eigenvalue weighted by Gasteiger charge is -2.00. The van der Waals surface area contributed by atoms with Crippen molar-refractivity contribution in [3.05, 3.63) is 48.2 Å². The Morgan fingerprint density at radius 2 is 1.84 bits per heavy atom. The van der Waals surface area contributed by atoms with Crippen LogP contribution >= 0.6 is 0 Å². The first-order valence-corrected chi connectivity index (χ1v) is 5.82. The van der Waals surface area contributed by atoms with Crippen molar-refractivity contribution < 1.29 is 19.1 Å². The maximum Gasteiger partial charge on any atom is 0.305 e. The molecule has 1 heterocycles. The molecule has 0 aliphatic rings. The monoisotopic (exact) mass is 259 g/mol. The van der Waals surface area contributed by atoms with Crippen molar-refractivity contribution in [2.75, 3.05) is 6.54 Å². The van der Waals surface area contributed by atoms with Gasteiger partial charge in [0.05, 0.1) is 6.42 Å². The molecule has 0 aliphatic heterocycles. The Morgan fingerprint density at radius 3 is 2.53 bits per heavy atom. The minimum absolute atomic E-state index is 0.0789. The number of carbonyl (C=O) groups is 2. The molecule has 1 aromatic carbocycles. The Hall–Kier alpha value is -2.56. The first-order valence-electron chi connectivity index (χ1n) is 5.82. The fourth-order valence-corrected chi connectivity index (χ4v) is 1.59. The van der Waals surface area contributed by atoms with Gasteiger partial charge in [0.15, 0.2) is 5.76 Å². The number of hydrogen-bond donors (Lipinski definition) is 2. The summed E-state index contributed by atoms with van der Waals surface area (Å²) in [4.78, 5) is 22.0. The normalized spacial score (nSPS) is 10.1. The van der Waals surface area contributed by atoms with E-state index in [0.29, 0.717) is 5.76 Å². The van der Waals surface area contributed by atoms with Gasteiger partial charge in [-0.05, 0) is 12.1 Å². The third-order valence-electron chi connectivity index (χ3n) is 2.51. The molecule has 5 heteroatoms. The number of carbonyl (C=O) groups excluding carboxylic acids is 1. The summed E-state index contributed by atoms with van der Waals surface area (Å²) >= 11 is 0. The number of furan rings is 1. The van der Waals surface area contributed by atoms with Crippen LogP contribution in [0.2, 0.25) is 0 Å². The summed E-state index contributed by atoms with van der Waals surface area (Å²) in [6.07, 6.45) is -0.113. The molecule has 0 saturated carbocycles. The Labute approximate surface area is 109 Å². The summed E-state index contributed by atoms with van der Waals surface area (Å²) in [6, 6.07) is 12.7. The average molecular weight is 259 g/mol. The second-order valence-corrected chi connectivity index (χ2v) is 3.93. The predicted octanol–water partition coefficient (Wildman–Crippen LogP) is 2.15. The predicted molar refractivity (Wildman–Crippen MR) is 68.7 cm³/mol. The van der Waals surface area contributed by atoms with E-state index in [4.69, 9.17) is 9.52 Å². The summed E-state index contributed by atoms with van der Waals surface area (Å²) in [5.74, 6) is -0.596. The van der Waals surface area contributed by atoms with Crippen molar-refractivity contribution in [1.82, 2.24) is 5.32 Å². The smallest absolute Gasteiger partial charge is 0.305 e. The third-order valence-corrected chi connectivity index (χ3v) is 2.51. The number of hydrogen-bond acceptors (Lipinski definition) is 3. The number of amides is 1. The first kappa shape index (κ1) is 12.9. The minimum atomic E-state index is -0.954. The lowest BCUT2D eigenvalue weighted by molar-refractivity contribution is -0.136. The summed E-state index contributed by atoms with van der Waals surface area (Å²) < 4.78 is 5.43. The molecular formula is C14H13NO4. The van der Waals surface area contributed by atoms with E-state index < -0.39 is 11.9 Å². The van der Waals surface area contributed by atoms with Gasteiger partial charge >= 0.3 is 5.97 Å². The van der Waals surface area contributed by atoms with E-state index in [-0.39, 0.29) is 18.7 Å². The van der Waals surface area contributed by atoms with Crippen molar-refractivity contribution >= 4 is 11.9 Å². The molecule has 2 rings (SSSR count). The van der Waals surface area contributed by atoms with Gasteiger partial charge in [0.2, 0.25) is 0 Å². The molecule has 5 nitrogen and oxygen atoms in total. The Bertz CT molecular complexity index is 574. The van der Waals surface area contributed by atoms with Crippen LogP contribution < -0.4 is 5.32 Å². The van der Waals surface area contributed by atoms with Crippen LogP contribution in [0.5, 0.6) is 0 Å². The SMILES string of the molecule is O=C(O)CCNC(=O)c1ccc(-c2ccccc2)o1. The number of carboxylic acid groups (broad SMARTS) is 1. The van der Waals surface area contributed by atoms with Gasteiger partial charge in [-0.2, -0.15) is 0 Å². The highest BCUT2D eigenvalue weighted by molar-refractivity contribution is 5.92. The largest absolute Gasteiger partial charge is 0.481 e. The van der Waals surface area contributed by atoms with Gasteiger partial charge in [0, 0.05) is 12.1 Å². The van der Waals surface area contributed by atoms with E-state index in [0.717, 1.165) is 5.56 Å². The zero-order valence-electron chi connectivity index (χ0n) is 10.1. The van der Waals surface area contributed by atoms with Crippen molar-refractivity contribution in [3.63, 3.8) is 0 Å². The Kier molecular flexibility index (Phi) is 3.97. The molecule has 1 aromatic heterocycles. The summed E-state index contributed by atoms with van der Waals surface area (Å²) in [7, 11) is 0. The van der Waals surface area contributed by atoms with E-state index in [2.05, 4.69) is 5.32 Å². The number of aliphatic carboxylic acids is 1. The zero-order chi connectivity index (χ0) is 13.7. The molecule has 1 amide bonds. The van der Waals surface area contributed by atoms with Crippen molar-refractivity contribution in [3.8, 4) is 11.3 Å². The molecule has 0 aliphatic carbocycles. The summed E-state index contributed by atoms with van der Waals surface area (Å²) in [5.41, 5.74) is 0.882. The maximum absolute atomic E-state index is 11.7. The van der Waals surface area contributed by atoms with Gasteiger partial charge in [-0.3, -0.25) is 9.59 Å². The molecule has 0 spiro atoms. The van der Waals surface area contributed by atoms with Crippen molar-refractivity contribution in [1.29, 1.82) is 0 Å². The molecule has 0 bridgehead atoms. The second kappa shape index (κ2) is 5.86. The van der Waals surface area contributed by atoms with E-state index in [9.17, 15) is 9.59 Å². The second-order valence-electron chi connectivity index (χ2n) is 3.93.